The Kier molecular flexibility index (Phi) is 1.85. The van der Waals surface area contributed by atoms with E-state index in [2.05, 4.69) is 0 Å². The van der Waals surface area contributed by atoms with E-state index in [4.69, 9.17) is 5.11 Å². The number of hydrogen-bond donors (Lipinski definition) is 1. The normalized spacial score (nSPS) is 31.8. The van der Waals surface area contributed by atoms with E-state index in [1.165, 1.54) is 32.1 Å². The van der Waals surface area contributed by atoms with Crippen molar-refractivity contribution in [3.8, 4) is 0 Å². The summed E-state index contributed by atoms with van der Waals surface area (Å²) in [7, 11) is 0. The van der Waals surface area contributed by atoms with Crippen LogP contribution in [0.2, 0.25) is 0 Å². The highest BCUT2D eigenvalue weighted by atomic mass is 16.4. The third-order valence-corrected chi connectivity index (χ3v) is 3.66. The Morgan fingerprint density at radius 2 is 2.08 bits per heavy atom. The molecule has 1 spiro atoms. The molecule has 68 valence electrons. The average molecular weight is 168 g/mol. The molecule has 2 saturated carbocycles. The van der Waals surface area contributed by atoms with Crippen molar-refractivity contribution in [2.45, 2.75) is 44.9 Å². The van der Waals surface area contributed by atoms with Gasteiger partial charge in [-0.1, -0.05) is 12.8 Å². The van der Waals surface area contributed by atoms with Crippen molar-refractivity contribution in [1.29, 1.82) is 0 Å². The standard InChI is InChI=1S/C10H16O2/c11-9(12)7-8-3-1-2-4-10(8)5-6-10/h8H,1-7H2,(H,11,12). The van der Waals surface area contributed by atoms with Crippen LogP contribution in [0.4, 0.5) is 0 Å². The topological polar surface area (TPSA) is 37.3 Å². The predicted molar refractivity (Wildman–Crippen MR) is 45.9 cm³/mol. The Morgan fingerprint density at radius 1 is 1.33 bits per heavy atom. The van der Waals surface area contributed by atoms with Gasteiger partial charge in [0.15, 0.2) is 0 Å². The van der Waals surface area contributed by atoms with Crippen LogP contribution in [-0.4, -0.2) is 11.1 Å². The van der Waals surface area contributed by atoms with Gasteiger partial charge in [-0.2, -0.15) is 0 Å². The summed E-state index contributed by atoms with van der Waals surface area (Å²) in [6.07, 6.45) is 8.04. The highest BCUT2D eigenvalue weighted by molar-refractivity contribution is 5.67. The van der Waals surface area contributed by atoms with E-state index < -0.39 is 5.97 Å². The summed E-state index contributed by atoms with van der Waals surface area (Å²) in [6.45, 7) is 0. The summed E-state index contributed by atoms with van der Waals surface area (Å²) in [5.41, 5.74) is 0.497. The van der Waals surface area contributed by atoms with Gasteiger partial charge in [-0.25, -0.2) is 0 Å². The van der Waals surface area contributed by atoms with Gasteiger partial charge >= 0.3 is 5.97 Å². The monoisotopic (exact) mass is 168 g/mol. The Labute approximate surface area is 73.0 Å². The lowest BCUT2D eigenvalue weighted by Crippen LogP contribution is -2.23. The van der Waals surface area contributed by atoms with Crippen molar-refractivity contribution in [1.82, 2.24) is 0 Å². The second-order valence-electron chi connectivity index (χ2n) is 4.40. The molecule has 0 amide bonds. The van der Waals surface area contributed by atoms with Crippen LogP contribution in [0.1, 0.15) is 44.9 Å². The molecule has 2 heteroatoms. The fraction of sp³-hybridized carbons (Fsp3) is 0.900. The van der Waals surface area contributed by atoms with Crippen molar-refractivity contribution in [2.24, 2.45) is 11.3 Å². The molecule has 0 saturated heterocycles. The third-order valence-electron chi connectivity index (χ3n) is 3.66. The van der Waals surface area contributed by atoms with E-state index in [0.717, 1.165) is 6.42 Å². The molecular formula is C10H16O2. The molecule has 2 aliphatic rings. The van der Waals surface area contributed by atoms with Gasteiger partial charge in [-0.05, 0) is 37.0 Å². The first kappa shape index (κ1) is 8.09. The minimum absolute atomic E-state index is 0.417. The van der Waals surface area contributed by atoms with E-state index in [-0.39, 0.29) is 0 Å². The summed E-state index contributed by atoms with van der Waals surface area (Å²) in [5, 5.41) is 8.73. The van der Waals surface area contributed by atoms with Gasteiger partial charge in [-0.3, -0.25) is 4.79 Å². The molecule has 1 atom stereocenters. The van der Waals surface area contributed by atoms with E-state index in [1.54, 1.807) is 0 Å². The van der Waals surface area contributed by atoms with E-state index >= 15 is 0 Å². The van der Waals surface area contributed by atoms with Crippen molar-refractivity contribution in [2.75, 3.05) is 0 Å². The average Bonchev–Trinajstić information content (AvgIpc) is 2.75. The van der Waals surface area contributed by atoms with Gasteiger partial charge in [0.05, 0.1) is 0 Å². The number of carbonyl (C=O) groups is 1. The highest BCUT2D eigenvalue weighted by Crippen LogP contribution is 2.60. The lowest BCUT2D eigenvalue weighted by molar-refractivity contribution is -0.139. The van der Waals surface area contributed by atoms with Gasteiger partial charge in [0.2, 0.25) is 0 Å². The van der Waals surface area contributed by atoms with Crippen molar-refractivity contribution in [3.63, 3.8) is 0 Å². The molecule has 2 rings (SSSR count). The van der Waals surface area contributed by atoms with Gasteiger partial charge in [0.25, 0.3) is 0 Å². The highest BCUT2D eigenvalue weighted by Gasteiger charge is 2.50. The number of hydrogen-bond acceptors (Lipinski definition) is 1. The van der Waals surface area contributed by atoms with Crippen LogP contribution in [0.3, 0.4) is 0 Å². The zero-order valence-corrected chi connectivity index (χ0v) is 7.38. The first-order valence-corrected chi connectivity index (χ1v) is 4.95. The SMILES string of the molecule is O=C(O)CC1CCCCC12CC2. The maximum atomic E-state index is 10.6. The summed E-state index contributed by atoms with van der Waals surface area (Å²) in [5.74, 6) is -0.100. The van der Waals surface area contributed by atoms with E-state index in [0.29, 0.717) is 17.8 Å². The Balaban J connectivity index is 1.97. The molecule has 0 aromatic heterocycles. The van der Waals surface area contributed by atoms with Gasteiger partial charge in [0.1, 0.15) is 0 Å². The fourth-order valence-electron chi connectivity index (χ4n) is 2.73. The number of carboxylic acids is 1. The zero-order valence-electron chi connectivity index (χ0n) is 7.38. The molecule has 1 N–H and O–H groups in total. The quantitative estimate of drug-likeness (QED) is 0.687. The number of rotatable bonds is 2. The van der Waals surface area contributed by atoms with Gasteiger partial charge < -0.3 is 5.11 Å². The number of aliphatic carboxylic acids is 1. The van der Waals surface area contributed by atoms with Crippen molar-refractivity contribution >= 4 is 5.97 Å². The minimum Gasteiger partial charge on any atom is -0.481 e. The Hall–Kier alpha value is -0.530. The molecule has 0 aliphatic heterocycles. The molecular weight excluding hydrogens is 152 g/mol. The second-order valence-corrected chi connectivity index (χ2v) is 4.40. The smallest absolute Gasteiger partial charge is 0.303 e. The molecule has 2 nitrogen and oxygen atoms in total. The molecule has 12 heavy (non-hydrogen) atoms. The summed E-state index contributed by atoms with van der Waals surface area (Å²) >= 11 is 0. The van der Waals surface area contributed by atoms with E-state index in [1.807, 2.05) is 0 Å². The fourth-order valence-corrected chi connectivity index (χ4v) is 2.73. The lowest BCUT2D eigenvalue weighted by atomic mass is 9.75. The van der Waals surface area contributed by atoms with Crippen molar-refractivity contribution in [3.05, 3.63) is 0 Å². The van der Waals surface area contributed by atoms with E-state index in [9.17, 15) is 4.79 Å². The summed E-state index contributed by atoms with van der Waals surface area (Å²) in [4.78, 5) is 10.6. The maximum Gasteiger partial charge on any atom is 0.303 e. The van der Waals surface area contributed by atoms with Crippen LogP contribution in [-0.2, 0) is 4.79 Å². The number of carboxylic acid groups (broad SMARTS) is 1. The third kappa shape index (κ3) is 1.35. The minimum atomic E-state index is -0.604. The molecule has 1 unspecified atom stereocenters. The zero-order chi connectivity index (χ0) is 8.60. The summed E-state index contributed by atoms with van der Waals surface area (Å²) in [6, 6.07) is 0. The maximum absolute atomic E-state index is 10.6. The lowest BCUT2D eigenvalue weighted by Gasteiger charge is -2.30. The van der Waals surface area contributed by atoms with Crippen LogP contribution in [0.25, 0.3) is 0 Å². The largest absolute Gasteiger partial charge is 0.481 e. The predicted octanol–water partition coefficient (Wildman–Crippen LogP) is 2.43. The molecule has 0 aromatic carbocycles. The summed E-state index contributed by atoms with van der Waals surface area (Å²) < 4.78 is 0. The Morgan fingerprint density at radius 3 is 2.67 bits per heavy atom. The molecule has 0 radical (unpaired) electrons. The first-order valence-electron chi connectivity index (χ1n) is 4.95. The van der Waals surface area contributed by atoms with Crippen LogP contribution in [0.15, 0.2) is 0 Å². The van der Waals surface area contributed by atoms with Gasteiger partial charge in [-0.15, -0.1) is 0 Å². The Bertz CT molecular complexity index is 194. The molecule has 0 aromatic rings. The van der Waals surface area contributed by atoms with Gasteiger partial charge in [0, 0.05) is 6.42 Å². The second kappa shape index (κ2) is 2.75. The van der Waals surface area contributed by atoms with Crippen molar-refractivity contribution < 1.29 is 9.90 Å². The molecule has 2 aliphatic carbocycles. The van der Waals surface area contributed by atoms with Crippen LogP contribution in [0.5, 0.6) is 0 Å². The van der Waals surface area contributed by atoms with Crippen LogP contribution < -0.4 is 0 Å². The van der Waals surface area contributed by atoms with Crippen LogP contribution >= 0.6 is 0 Å². The van der Waals surface area contributed by atoms with Crippen LogP contribution in [0, 0.1) is 11.3 Å². The molecule has 0 bridgehead atoms. The first-order chi connectivity index (χ1) is 5.73. The molecule has 2 fully saturated rings. The molecule has 0 heterocycles.